The SMILES string of the molecule is CNCCS(=O)(=O)NCc1cccnc1. The summed E-state index contributed by atoms with van der Waals surface area (Å²) in [5, 5.41) is 2.79. The van der Waals surface area contributed by atoms with Gasteiger partial charge in [0, 0.05) is 25.5 Å². The Labute approximate surface area is 90.0 Å². The number of rotatable bonds is 6. The van der Waals surface area contributed by atoms with Gasteiger partial charge in [0.1, 0.15) is 0 Å². The van der Waals surface area contributed by atoms with Gasteiger partial charge in [0.25, 0.3) is 0 Å². The molecular weight excluding hydrogens is 214 g/mol. The molecule has 0 amide bonds. The maximum absolute atomic E-state index is 11.4. The van der Waals surface area contributed by atoms with Crippen LogP contribution in [0.25, 0.3) is 0 Å². The first-order valence-corrected chi connectivity index (χ1v) is 6.30. The number of aromatic nitrogens is 1. The molecule has 15 heavy (non-hydrogen) atoms. The Kier molecular flexibility index (Phi) is 4.67. The average molecular weight is 229 g/mol. The quantitative estimate of drug-likeness (QED) is 0.704. The van der Waals surface area contributed by atoms with E-state index in [9.17, 15) is 8.42 Å². The summed E-state index contributed by atoms with van der Waals surface area (Å²) in [4.78, 5) is 3.90. The molecule has 0 saturated carbocycles. The Morgan fingerprint density at radius 1 is 1.47 bits per heavy atom. The lowest BCUT2D eigenvalue weighted by atomic mass is 10.3. The van der Waals surface area contributed by atoms with Gasteiger partial charge in [-0.2, -0.15) is 0 Å². The van der Waals surface area contributed by atoms with E-state index in [1.807, 2.05) is 6.07 Å². The molecule has 0 aromatic carbocycles. The first-order valence-electron chi connectivity index (χ1n) is 4.65. The molecule has 0 aliphatic rings. The summed E-state index contributed by atoms with van der Waals surface area (Å²) in [6.07, 6.45) is 3.29. The van der Waals surface area contributed by atoms with Crippen LogP contribution in [0, 0.1) is 0 Å². The van der Waals surface area contributed by atoms with E-state index in [2.05, 4.69) is 15.0 Å². The lowest BCUT2D eigenvalue weighted by molar-refractivity contribution is 0.579. The zero-order valence-corrected chi connectivity index (χ0v) is 9.42. The highest BCUT2D eigenvalue weighted by Gasteiger charge is 2.08. The fourth-order valence-electron chi connectivity index (χ4n) is 1.00. The third-order valence-corrected chi connectivity index (χ3v) is 3.17. The summed E-state index contributed by atoms with van der Waals surface area (Å²) in [5.74, 6) is 0.0871. The molecule has 0 atom stereocenters. The first kappa shape index (κ1) is 12.1. The van der Waals surface area contributed by atoms with Crippen LogP contribution in [0.5, 0.6) is 0 Å². The normalized spacial score (nSPS) is 11.5. The topological polar surface area (TPSA) is 71.1 Å². The number of hydrogen-bond donors (Lipinski definition) is 2. The Hall–Kier alpha value is -0.980. The molecule has 0 unspecified atom stereocenters. The van der Waals surface area contributed by atoms with Crippen molar-refractivity contribution >= 4 is 10.0 Å². The predicted octanol–water partition coefficient (Wildman–Crippen LogP) is -0.280. The van der Waals surface area contributed by atoms with E-state index in [1.165, 1.54) is 0 Å². The first-order chi connectivity index (χ1) is 7.14. The maximum Gasteiger partial charge on any atom is 0.213 e. The fraction of sp³-hybridized carbons (Fsp3) is 0.444. The third-order valence-electron chi connectivity index (χ3n) is 1.84. The molecule has 1 aromatic heterocycles. The number of sulfonamides is 1. The van der Waals surface area contributed by atoms with Crippen molar-refractivity contribution < 1.29 is 8.42 Å². The molecule has 0 fully saturated rings. The minimum atomic E-state index is -3.18. The van der Waals surface area contributed by atoms with E-state index in [0.29, 0.717) is 13.1 Å². The van der Waals surface area contributed by atoms with Gasteiger partial charge in [-0.1, -0.05) is 6.07 Å². The van der Waals surface area contributed by atoms with Crippen LogP contribution in [-0.2, 0) is 16.6 Å². The Morgan fingerprint density at radius 3 is 2.87 bits per heavy atom. The van der Waals surface area contributed by atoms with Crippen molar-refractivity contribution in [1.82, 2.24) is 15.0 Å². The second-order valence-electron chi connectivity index (χ2n) is 3.10. The second-order valence-corrected chi connectivity index (χ2v) is 5.03. The highest BCUT2D eigenvalue weighted by molar-refractivity contribution is 7.89. The molecule has 2 N–H and O–H groups in total. The molecule has 0 bridgehead atoms. The van der Waals surface area contributed by atoms with Gasteiger partial charge >= 0.3 is 0 Å². The van der Waals surface area contributed by atoms with Crippen LogP contribution >= 0.6 is 0 Å². The molecule has 0 saturated heterocycles. The molecule has 0 spiro atoms. The van der Waals surface area contributed by atoms with E-state index in [1.54, 1.807) is 25.5 Å². The zero-order chi connectivity index (χ0) is 11.1. The average Bonchev–Trinajstić information content (AvgIpc) is 2.25. The van der Waals surface area contributed by atoms with Gasteiger partial charge < -0.3 is 5.32 Å². The molecule has 1 heterocycles. The maximum atomic E-state index is 11.4. The molecule has 0 aliphatic heterocycles. The Balaban J connectivity index is 2.43. The summed E-state index contributed by atoms with van der Waals surface area (Å²) >= 11 is 0. The highest BCUT2D eigenvalue weighted by atomic mass is 32.2. The van der Waals surface area contributed by atoms with Gasteiger partial charge in [0.05, 0.1) is 5.75 Å². The molecule has 0 radical (unpaired) electrons. The van der Waals surface area contributed by atoms with E-state index < -0.39 is 10.0 Å². The van der Waals surface area contributed by atoms with Crippen LogP contribution < -0.4 is 10.0 Å². The summed E-state index contributed by atoms with van der Waals surface area (Å²) in [6.45, 7) is 0.738. The lowest BCUT2D eigenvalue weighted by Gasteiger charge is -2.05. The molecule has 84 valence electrons. The Bertz CT molecular complexity index is 378. The minimum Gasteiger partial charge on any atom is -0.319 e. The van der Waals surface area contributed by atoms with E-state index in [0.717, 1.165) is 5.56 Å². The summed E-state index contributed by atoms with van der Waals surface area (Å²) in [6, 6.07) is 3.60. The fourth-order valence-corrected chi connectivity index (χ4v) is 2.01. The van der Waals surface area contributed by atoms with E-state index in [4.69, 9.17) is 0 Å². The van der Waals surface area contributed by atoms with Crippen LogP contribution in [0.15, 0.2) is 24.5 Å². The van der Waals surface area contributed by atoms with Gasteiger partial charge in [-0.15, -0.1) is 0 Å². The number of hydrogen-bond acceptors (Lipinski definition) is 4. The summed E-state index contributed by atoms with van der Waals surface area (Å²) < 4.78 is 25.3. The van der Waals surface area contributed by atoms with Crippen molar-refractivity contribution in [1.29, 1.82) is 0 Å². The standard InChI is InChI=1S/C9H15N3O2S/c1-10-5-6-15(13,14)12-8-9-3-2-4-11-7-9/h2-4,7,10,12H,5-6,8H2,1H3. The van der Waals surface area contributed by atoms with Crippen molar-refractivity contribution in [2.45, 2.75) is 6.54 Å². The van der Waals surface area contributed by atoms with Crippen molar-refractivity contribution in [3.05, 3.63) is 30.1 Å². The van der Waals surface area contributed by atoms with Gasteiger partial charge in [-0.3, -0.25) is 4.98 Å². The highest BCUT2D eigenvalue weighted by Crippen LogP contribution is 1.95. The molecular formula is C9H15N3O2S. The van der Waals surface area contributed by atoms with Crippen LogP contribution in [0.1, 0.15) is 5.56 Å². The molecule has 1 aromatic rings. The number of nitrogens with zero attached hydrogens (tertiary/aromatic N) is 1. The molecule has 1 rings (SSSR count). The van der Waals surface area contributed by atoms with Gasteiger partial charge in [0.15, 0.2) is 0 Å². The van der Waals surface area contributed by atoms with Gasteiger partial charge in [0.2, 0.25) is 10.0 Å². The zero-order valence-electron chi connectivity index (χ0n) is 8.60. The van der Waals surface area contributed by atoms with Crippen molar-refractivity contribution in [3.8, 4) is 0 Å². The monoisotopic (exact) mass is 229 g/mol. The number of nitrogens with one attached hydrogen (secondary N) is 2. The predicted molar refractivity (Wildman–Crippen MR) is 58.8 cm³/mol. The van der Waals surface area contributed by atoms with Gasteiger partial charge in [-0.25, -0.2) is 13.1 Å². The van der Waals surface area contributed by atoms with Crippen LogP contribution in [0.2, 0.25) is 0 Å². The number of pyridine rings is 1. The smallest absolute Gasteiger partial charge is 0.213 e. The van der Waals surface area contributed by atoms with E-state index >= 15 is 0 Å². The van der Waals surface area contributed by atoms with Gasteiger partial charge in [-0.05, 0) is 18.7 Å². The minimum absolute atomic E-state index is 0.0871. The Morgan fingerprint density at radius 2 is 2.27 bits per heavy atom. The van der Waals surface area contributed by atoms with Crippen molar-refractivity contribution in [3.63, 3.8) is 0 Å². The van der Waals surface area contributed by atoms with E-state index in [-0.39, 0.29) is 5.75 Å². The second kappa shape index (κ2) is 5.79. The van der Waals surface area contributed by atoms with Crippen molar-refractivity contribution in [2.24, 2.45) is 0 Å². The molecule has 5 nitrogen and oxygen atoms in total. The summed E-state index contributed by atoms with van der Waals surface area (Å²) in [5.41, 5.74) is 0.852. The lowest BCUT2D eigenvalue weighted by Crippen LogP contribution is -2.30. The van der Waals surface area contributed by atoms with Crippen LogP contribution in [0.4, 0.5) is 0 Å². The third kappa shape index (κ3) is 4.87. The molecule has 0 aliphatic carbocycles. The van der Waals surface area contributed by atoms with Crippen molar-refractivity contribution in [2.75, 3.05) is 19.3 Å². The van der Waals surface area contributed by atoms with Crippen LogP contribution in [-0.4, -0.2) is 32.7 Å². The van der Waals surface area contributed by atoms with Crippen LogP contribution in [0.3, 0.4) is 0 Å². The largest absolute Gasteiger partial charge is 0.319 e. The summed E-state index contributed by atoms with van der Waals surface area (Å²) in [7, 11) is -1.46. The molecule has 6 heteroatoms.